The third kappa shape index (κ3) is 4.89. The molecule has 0 radical (unpaired) electrons. The number of hydrogen-bond acceptors (Lipinski definition) is 6. The zero-order valence-corrected chi connectivity index (χ0v) is 18.8. The highest BCUT2D eigenvalue weighted by Gasteiger charge is 2.31. The molecule has 0 spiro atoms. The number of fused-ring (bicyclic) bond motifs is 1. The molecule has 162 valence electrons. The van der Waals surface area contributed by atoms with Crippen LogP contribution in [-0.4, -0.2) is 43.9 Å². The molecule has 1 aliphatic rings. The molecule has 1 aromatic heterocycles. The number of aryl methyl sites for hydroxylation is 1. The van der Waals surface area contributed by atoms with Crippen LogP contribution in [0, 0.1) is 6.92 Å². The number of carbonyl (C=O) groups is 1. The highest BCUT2D eigenvalue weighted by molar-refractivity contribution is 7.09. The van der Waals surface area contributed by atoms with Gasteiger partial charge in [-0.15, -0.1) is 11.3 Å². The number of nitrogens with zero attached hydrogens (tertiary/aromatic N) is 2. The summed E-state index contributed by atoms with van der Waals surface area (Å²) in [4.78, 5) is 19.3. The Morgan fingerprint density at radius 2 is 1.97 bits per heavy atom. The second-order valence-corrected chi connectivity index (χ2v) is 8.41. The van der Waals surface area contributed by atoms with Crippen molar-refractivity contribution in [2.75, 3.05) is 31.8 Å². The average Bonchev–Trinajstić information content (AvgIpc) is 3.25. The van der Waals surface area contributed by atoms with Crippen molar-refractivity contribution >= 4 is 22.9 Å². The molecule has 0 fully saturated rings. The van der Waals surface area contributed by atoms with E-state index in [9.17, 15) is 4.79 Å². The predicted octanol–water partition coefficient (Wildman–Crippen LogP) is 4.50. The molecule has 0 aliphatic carbocycles. The van der Waals surface area contributed by atoms with E-state index in [1.807, 2.05) is 54.8 Å². The summed E-state index contributed by atoms with van der Waals surface area (Å²) in [5.41, 5.74) is 3.77. The smallest absolute Gasteiger partial charge is 0.267 e. The Balaban J connectivity index is 1.53. The third-order valence-electron chi connectivity index (χ3n) is 5.14. The summed E-state index contributed by atoms with van der Waals surface area (Å²) in [6.07, 6.45) is 0.255. The molecule has 0 bridgehead atoms. The van der Waals surface area contributed by atoms with E-state index in [1.165, 1.54) is 5.56 Å². The molecule has 1 aliphatic heterocycles. The van der Waals surface area contributed by atoms with Crippen molar-refractivity contribution < 1.29 is 19.0 Å². The molecule has 0 N–H and O–H groups in total. The number of benzene rings is 2. The quantitative estimate of drug-likeness (QED) is 0.518. The van der Waals surface area contributed by atoms with Crippen LogP contribution in [0.5, 0.6) is 11.5 Å². The van der Waals surface area contributed by atoms with Gasteiger partial charge in [-0.1, -0.05) is 17.7 Å². The maximum Gasteiger partial charge on any atom is 0.267 e. The molecular formula is C24H26N2O4S. The van der Waals surface area contributed by atoms with Crippen LogP contribution in [0.1, 0.15) is 17.5 Å². The zero-order chi connectivity index (χ0) is 21.8. The molecule has 3 aromatic rings. The predicted molar refractivity (Wildman–Crippen MR) is 122 cm³/mol. The summed E-state index contributed by atoms with van der Waals surface area (Å²) in [5, 5.41) is 3.06. The fourth-order valence-electron chi connectivity index (χ4n) is 3.43. The van der Waals surface area contributed by atoms with E-state index in [4.69, 9.17) is 19.2 Å². The molecule has 0 saturated heterocycles. The maximum atomic E-state index is 12.9. The molecule has 1 unspecified atom stereocenters. The van der Waals surface area contributed by atoms with E-state index in [0.29, 0.717) is 25.5 Å². The van der Waals surface area contributed by atoms with Gasteiger partial charge < -0.3 is 19.1 Å². The molecule has 31 heavy (non-hydrogen) atoms. The summed E-state index contributed by atoms with van der Waals surface area (Å²) in [7, 11) is 1.69. The van der Waals surface area contributed by atoms with Crippen LogP contribution in [0.25, 0.3) is 11.3 Å². The molecule has 0 saturated carbocycles. The lowest BCUT2D eigenvalue weighted by Gasteiger charge is -2.33. The molecule has 2 aromatic carbocycles. The fraction of sp³-hybridized carbons (Fsp3) is 0.333. The van der Waals surface area contributed by atoms with Gasteiger partial charge in [-0.05, 0) is 44.2 Å². The zero-order valence-electron chi connectivity index (χ0n) is 18.0. The normalized spacial score (nSPS) is 15.5. The second-order valence-electron chi connectivity index (χ2n) is 7.46. The van der Waals surface area contributed by atoms with Crippen LogP contribution in [0.15, 0.2) is 47.8 Å². The van der Waals surface area contributed by atoms with E-state index < -0.39 is 6.10 Å². The summed E-state index contributed by atoms with van der Waals surface area (Å²) in [5.74, 6) is 1.41. The van der Waals surface area contributed by atoms with Crippen molar-refractivity contribution in [1.29, 1.82) is 0 Å². The minimum Gasteiger partial charge on any atom is -0.492 e. The average molecular weight is 439 g/mol. The van der Waals surface area contributed by atoms with Crippen molar-refractivity contribution in [3.05, 3.63) is 58.4 Å². The Hall–Kier alpha value is -2.90. The summed E-state index contributed by atoms with van der Waals surface area (Å²) in [6, 6.07) is 13.8. The molecule has 2 heterocycles. The van der Waals surface area contributed by atoms with Crippen LogP contribution in [0.4, 0.5) is 5.69 Å². The fourth-order valence-corrected chi connectivity index (χ4v) is 4.22. The SMILES string of the molecule is COCCc1nc(-c2ccc3c(c2)N(CCOc2ccc(C)cc2)C(=O)C(C)O3)cs1. The number of methoxy groups -OCH3 is 1. The van der Waals surface area contributed by atoms with E-state index in [0.717, 1.165) is 34.1 Å². The minimum atomic E-state index is -0.530. The molecule has 1 atom stereocenters. The Morgan fingerprint density at radius 1 is 1.16 bits per heavy atom. The first kappa shape index (κ1) is 21.3. The van der Waals surface area contributed by atoms with Crippen LogP contribution < -0.4 is 14.4 Å². The van der Waals surface area contributed by atoms with Gasteiger partial charge in [0.1, 0.15) is 18.1 Å². The second kappa shape index (κ2) is 9.49. The third-order valence-corrected chi connectivity index (χ3v) is 6.05. The summed E-state index contributed by atoms with van der Waals surface area (Å²) in [6.45, 7) is 5.28. The Kier molecular flexibility index (Phi) is 6.53. The Morgan fingerprint density at radius 3 is 2.74 bits per heavy atom. The first-order valence-electron chi connectivity index (χ1n) is 10.3. The maximum absolute atomic E-state index is 12.9. The number of aromatic nitrogens is 1. The van der Waals surface area contributed by atoms with Gasteiger partial charge in [-0.2, -0.15) is 0 Å². The monoisotopic (exact) mass is 438 g/mol. The van der Waals surface area contributed by atoms with E-state index >= 15 is 0 Å². The van der Waals surface area contributed by atoms with Crippen LogP contribution in [-0.2, 0) is 16.0 Å². The van der Waals surface area contributed by atoms with Gasteiger partial charge in [0.15, 0.2) is 6.10 Å². The van der Waals surface area contributed by atoms with Crippen LogP contribution in [0.3, 0.4) is 0 Å². The number of thiazole rings is 1. The van der Waals surface area contributed by atoms with E-state index in [2.05, 4.69) is 0 Å². The lowest BCUT2D eigenvalue weighted by atomic mass is 10.1. The largest absolute Gasteiger partial charge is 0.492 e. The molecule has 6 nitrogen and oxygen atoms in total. The number of amides is 1. The number of anilines is 1. The van der Waals surface area contributed by atoms with Gasteiger partial charge in [-0.3, -0.25) is 4.79 Å². The topological polar surface area (TPSA) is 60.9 Å². The van der Waals surface area contributed by atoms with Gasteiger partial charge in [0.2, 0.25) is 0 Å². The van der Waals surface area contributed by atoms with Crippen LogP contribution in [0.2, 0.25) is 0 Å². The lowest BCUT2D eigenvalue weighted by molar-refractivity contribution is -0.125. The number of carbonyl (C=O) groups excluding carboxylic acids is 1. The number of hydrogen-bond donors (Lipinski definition) is 0. The molecule has 1 amide bonds. The summed E-state index contributed by atoms with van der Waals surface area (Å²) >= 11 is 1.61. The van der Waals surface area contributed by atoms with Gasteiger partial charge in [0.25, 0.3) is 5.91 Å². The number of ether oxygens (including phenoxy) is 3. The van der Waals surface area contributed by atoms with Gasteiger partial charge in [-0.25, -0.2) is 4.98 Å². The Labute approximate surface area is 186 Å². The van der Waals surface area contributed by atoms with Gasteiger partial charge in [0, 0.05) is 24.5 Å². The van der Waals surface area contributed by atoms with E-state index in [-0.39, 0.29) is 5.91 Å². The van der Waals surface area contributed by atoms with Gasteiger partial charge >= 0.3 is 0 Å². The van der Waals surface area contributed by atoms with Gasteiger partial charge in [0.05, 0.1) is 29.5 Å². The Bertz CT molecular complexity index is 1050. The first-order valence-corrected chi connectivity index (χ1v) is 11.2. The van der Waals surface area contributed by atoms with Crippen molar-refractivity contribution in [2.24, 2.45) is 0 Å². The standard InChI is InChI=1S/C24H26N2O4S/c1-16-4-7-19(8-5-16)29-13-11-26-21-14-18(6-9-22(21)30-17(2)24(26)27)20-15-31-23(25-20)10-12-28-3/h4-9,14-15,17H,10-13H2,1-3H3. The molecular weight excluding hydrogens is 412 g/mol. The minimum absolute atomic E-state index is 0.0729. The highest BCUT2D eigenvalue weighted by atomic mass is 32.1. The van der Waals surface area contributed by atoms with Crippen molar-refractivity contribution in [1.82, 2.24) is 4.98 Å². The molecule has 7 heteroatoms. The van der Waals surface area contributed by atoms with E-state index in [1.54, 1.807) is 30.3 Å². The highest BCUT2D eigenvalue weighted by Crippen LogP contribution is 2.37. The first-order chi connectivity index (χ1) is 15.0. The molecule has 4 rings (SSSR count). The van der Waals surface area contributed by atoms with Crippen molar-refractivity contribution in [3.63, 3.8) is 0 Å². The van der Waals surface area contributed by atoms with Crippen molar-refractivity contribution in [3.8, 4) is 22.8 Å². The van der Waals surface area contributed by atoms with Crippen molar-refractivity contribution in [2.45, 2.75) is 26.4 Å². The number of rotatable bonds is 8. The lowest BCUT2D eigenvalue weighted by Crippen LogP contribution is -2.46. The van der Waals surface area contributed by atoms with Crippen LogP contribution >= 0.6 is 11.3 Å². The summed E-state index contributed by atoms with van der Waals surface area (Å²) < 4.78 is 16.8.